The molecule has 4 rings (SSSR count). The number of carbonyl (C=O) groups is 2. The van der Waals surface area contributed by atoms with Crippen LogP contribution < -0.4 is 16.4 Å². The third-order valence-corrected chi connectivity index (χ3v) is 6.30. The average molecular weight is 407 g/mol. The highest BCUT2D eigenvalue weighted by molar-refractivity contribution is 6.35. The first-order valence-corrected chi connectivity index (χ1v) is 9.20. The smallest absolute Gasteiger partial charge is 0.321 e. The molecule has 0 bridgehead atoms. The third kappa shape index (κ3) is 2.59. The predicted molar refractivity (Wildman–Crippen MR) is 97.9 cm³/mol. The molecule has 2 heterocycles. The molecule has 140 valence electrons. The zero-order valence-corrected chi connectivity index (χ0v) is 15.6. The Hall–Kier alpha value is -2.27. The molecule has 1 aromatic rings. The van der Waals surface area contributed by atoms with E-state index in [1.165, 1.54) is 0 Å². The van der Waals surface area contributed by atoms with E-state index in [1.807, 2.05) is 0 Å². The molecule has 0 saturated carbocycles. The number of nitriles is 1. The Balaban J connectivity index is 1.97. The van der Waals surface area contributed by atoms with Gasteiger partial charge in [0.15, 0.2) is 0 Å². The summed E-state index contributed by atoms with van der Waals surface area (Å²) in [6.07, 6.45) is 0.405. The Kier molecular flexibility index (Phi) is 4.30. The van der Waals surface area contributed by atoms with Gasteiger partial charge in [-0.3, -0.25) is 10.1 Å². The lowest BCUT2D eigenvalue weighted by Crippen LogP contribution is -2.74. The summed E-state index contributed by atoms with van der Waals surface area (Å²) in [6.45, 7) is 0.628. The van der Waals surface area contributed by atoms with Gasteiger partial charge in [-0.25, -0.2) is 4.79 Å². The van der Waals surface area contributed by atoms with E-state index in [4.69, 9.17) is 33.7 Å². The number of urea groups is 1. The van der Waals surface area contributed by atoms with E-state index in [-0.39, 0.29) is 23.8 Å². The van der Waals surface area contributed by atoms with Crippen molar-refractivity contribution in [1.29, 1.82) is 5.26 Å². The molecule has 2 aliphatic heterocycles. The molecule has 4 N–H and O–H groups in total. The molecule has 3 amide bonds. The highest BCUT2D eigenvalue weighted by Gasteiger charge is 2.61. The van der Waals surface area contributed by atoms with Gasteiger partial charge in [-0.15, -0.1) is 0 Å². The van der Waals surface area contributed by atoms with Crippen LogP contribution in [0.25, 0.3) is 0 Å². The van der Waals surface area contributed by atoms with Gasteiger partial charge in [0, 0.05) is 34.2 Å². The molecule has 0 unspecified atom stereocenters. The van der Waals surface area contributed by atoms with Crippen LogP contribution in [0.1, 0.15) is 17.9 Å². The lowest BCUT2D eigenvalue weighted by molar-refractivity contribution is -0.132. The maximum absolute atomic E-state index is 12.6. The molecule has 1 aliphatic carbocycles. The van der Waals surface area contributed by atoms with Crippen LogP contribution in [0.5, 0.6) is 0 Å². The second-order valence-electron chi connectivity index (χ2n) is 6.97. The minimum atomic E-state index is -0.935. The molecule has 0 aromatic heterocycles. The standard InChI is InChI=1S/C18H16Cl2N4O3/c19-8-1-2-9(12(20)5-8)13-10(6-21)15(22)14-16(25)23-17(26)24-18(14)3-4-27-7-11(13)18/h1-2,5,11,13-14H,3-4,7,22H2,(H2,23,24,25,26)/t11-,13+,14-,18-/m1/s1. The molecular formula is C18H16Cl2N4O3. The van der Waals surface area contributed by atoms with Gasteiger partial charge in [-0.05, 0) is 24.1 Å². The number of hydrogen-bond donors (Lipinski definition) is 3. The minimum Gasteiger partial charge on any atom is -0.400 e. The Morgan fingerprint density at radius 2 is 2.11 bits per heavy atom. The van der Waals surface area contributed by atoms with Gasteiger partial charge >= 0.3 is 6.03 Å². The summed E-state index contributed by atoms with van der Waals surface area (Å²) in [5, 5.41) is 15.9. The zero-order chi connectivity index (χ0) is 19.3. The van der Waals surface area contributed by atoms with E-state index in [0.29, 0.717) is 28.6 Å². The first kappa shape index (κ1) is 18.1. The number of amides is 3. The second-order valence-corrected chi connectivity index (χ2v) is 7.82. The summed E-state index contributed by atoms with van der Waals surface area (Å²) in [4.78, 5) is 24.8. The van der Waals surface area contributed by atoms with Crippen LogP contribution in [0.4, 0.5) is 4.79 Å². The molecule has 0 radical (unpaired) electrons. The first-order chi connectivity index (χ1) is 12.9. The summed E-state index contributed by atoms with van der Waals surface area (Å²) in [7, 11) is 0. The van der Waals surface area contributed by atoms with E-state index in [0.717, 1.165) is 0 Å². The molecule has 3 aliphatic rings. The van der Waals surface area contributed by atoms with Gasteiger partial charge in [0.2, 0.25) is 5.91 Å². The van der Waals surface area contributed by atoms with Crippen LogP contribution >= 0.6 is 23.2 Å². The summed E-state index contributed by atoms with van der Waals surface area (Å²) in [6, 6.07) is 6.60. The van der Waals surface area contributed by atoms with Crippen molar-refractivity contribution in [3.8, 4) is 6.07 Å². The van der Waals surface area contributed by atoms with Crippen molar-refractivity contribution >= 4 is 35.1 Å². The van der Waals surface area contributed by atoms with Gasteiger partial charge in [0.05, 0.1) is 23.8 Å². The van der Waals surface area contributed by atoms with Crippen molar-refractivity contribution in [1.82, 2.24) is 10.6 Å². The number of allylic oxidation sites excluding steroid dienone is 1. The number of hydrogen-bond acceptors (Lipinski definition) is 5. The van der Waals surface area contributed by atoms with Crippen LogP contribution in [0.15, 0.2) is 29.5 Å². The average Bonchev–Trinajstić information content (AvgIpc) is 2.60. The van der Waals surface area contributed by atoms with Crippen molar-refractivity contribution in [3.63, 3.8) is 0 Å². The fourth-order valence-electron chi connectivity index (χ4n) is 4.64. The third-order valence-electron chi connectivity index (χ3n) is 5.73. The van der Waals surface area contributed by atoms with E-state index in [9.17, 15) is 14.9 Å². The quantitative estimate of drug-likeness (QED) is 0.659. The Labute approximate surface area is 165 Å². The Bertz CT molecular complexity index is 926. The number of nitrogens with one attached hydrogen (secondary N) is 2. The lowest BCUT2D eigenvalue weighted by atomic mass is 9.57. The van der Waals surface area contributed by atoms with Crippen molar-refractivity contribution in [3.05, 3.63) is 45.1 Å². The molecule has 2 saturated heterocycles. The van der Waals surface area contributed by atoms with Crippen LogP contribution in [0.2, 0.25) is 10.0 Å². The molecule has 1 aromatic carbocycles. The van der Waals surface area contributed by atoms with Crippen LogP contribution in [0, 0.1) is 23.2 Å². The number of ether oxygens (including phenoxy) is 1. The fourth-order valence-corrected chi connectivity index (χ4v) is 5.17. The monoisotopic (exact) mass is 406 g/mol. The van der Waals surface area contributed by atoms with E-state index in [2.05, 4.69) is 16.7 Å². The highest BCUT2D eigenvalue weighted by atomic mass is 35.5. The van der Waals surface area contributed by atoms with E-state index >= 15 is 0 Å². The topological polar surface area (TPSA) is 117 Å². The number of rotatable bonds is 1. The molecule has 7 nitrogen and oxygen atoms in total. The predicted octanol–water partition coefficient (Wildman–Crippen LogP) is 2.06. The maximum atomic E-state index is 12.6. The molecular weight excluding hydrogens is 391 g/mol. The van der Waals surface area contributed by atoms with E-state index in [1.54, 1.807) is 18.2 Å². The first-order valence-electron chi connectivity index (χ1n) is 8.44. The normalized spacial score (nSPS) is 32.7. The number of halogens is 2. The largest absolute Gasteiger partial charge is 0.400 e. The lowest BCUT2D eigenvalue weighted by Gasteiger charge is -2.55. The number of carbonyl (C=O) groups excluding carboxylic acids is 2. The Morgan fingerprint density at radius 1 is 1.33 bits per heavy atom. The number of benzene rings is 1. The van der Waals surface area contributed by atoms with Crippen LogP contribution in [-0.4, -0.2) is 30.7 Å². The van der Waals surface area contributed by atoms with Gasteiger partial charge in [-0.2, -0.15) is 5.26 Å². The summed E-state index contributed by atoms with van der Waals surface area (Å²) >= 11 is 12.4. The molecule has 4 atom stereocenters. The van der Waals surface area contributed by atoms with Gasteiger partial charge < -0.3 is 15.8 Å². The fraction of sp³-hybridized carbons (Fsp3) is 0.389. The second kappa shape index (κ2) is 6.41. The van der Waals surface area contributed by atoms with Crippen molar-refractivity contribution in [2.75, 3.05) is 13.2 Å². The highest BCUT2D eigenvalue weighted by Crippen LogP contribution is 2.53. The van der Waals surface area contributed by atoms with E-state index < -0.39 is 29.3 Å². The zero-order valence-electron chi connectivity index (χ0n) is 14.1. The molecule has 27 heavy (non-hydrogen) atoms. The number of nitrogens with two attached hydrogens (primary N) is 1. The summed E-state index contributed by atoms with van der Waals surface area (Å²) in [5.74, 6) is -2.24. The summed E-state index contributed by atoms with van der Waals surface area (Å²) < 4.78 is 5.67. The number of nitrogens with zero attached hydrogens (tertiary/aromatic N) is 1. The molecule has 1 spiro atoms. The Morgan fingerprint density at radius 3 is 2.81 bits per heavy atom. The maximum Gasteiger partial charge on any atom is 0.321 e. The van der Waals surface area contributed by atoms with Crippen molar-refractivity contribution < 1.29 is 14.3 Å². The van der Waals surface area contributed by atoms with Crippen LogP contribution in [0.3, 0.4) is 0 Å². The van der Waals surface area contributed by atoms with Crippen molar-refractivity contribution in [2.24, 2.45) is 17.6 Å². The number of imide groups is 1. The van der Waals surface area contributed by atoms with Gasteiger partial charge in [0.1, 0.15) is 5.92 Å². The molecule has 2 fully saturated rings. The van der Waals surface area contributed by atoms with Crippen LogP contribution in [-0.2, 0) is 9.53 Å². The van der Waals surface area contributed by atoms with Gasteiger partial charge in [-0.1, -0.05) is 29.3 Å². The van der Waals surface area contributed by atoms with Gasteiger partial charge in [0.25, 0.3) is 0 Å². The summed E-state index contributed by atoms with van der Waals surface area (Å²) in [5.41, 5.74) is 6.47. The minimum absolute atomic E-state index is 0.157. The van der Waals surface area contributed by atoms with Crippen molar-refractivity contribution in [2.45, 2.75) is 17.9 Å². The SMILES string of the molecule is N#CC1=C(N)[C@@H]2C(=O)NC(=O)N[C@@]23CCOC[C@@H]3[C@H]1c1ccc(Cl)cc1Cl. The molecule has 9 heteroatoms.